The molecule has 0 atom stereocenters. The first-order valence-electron chi connectivity index (χ1n) is 9.51. The first kappa shape index (κ1) is 21.6. The predicted molar refractivity (Wildman–Crippen MR) is 117 cm³/mol. The molecule has 1 aliphatic heterocycles. The Morgan fingerprint density at radius 3 is 2.43 bits per heavy atom. The lowest BCUT2D eigenvalue weighted by Gasteiger charge is -2.22. The van der Waals surface area contributed by atoms with Crippen molar-refractivity contribution in [1.82, 2.24) is 0 Å². The van der Waals surface area contributed by atoms with Crippen LogP contribution in [0.15, 0.2) is 42.5 Å². The predicted octanol–water partition coefficient (Wildman–Crippen LogP) is 2.54. The molecule has 1 saturated heterocycles. The number of methoxy groups -OCH3 is 1. The lowest BCUT2D eigenvalue weighted by atomic mass is 10.1. The monoisotopic (exact) mass is 431 g/mol. The number of ether oxygens (including phenoxy) is 1. The molecular formula is C21H25N3O5S. The van der Waals surface area contributed by atoms with Gasteiger partial charge >= 0.3 is 0 Å². The quantitative estimate of drug-likeness (QED) is 0.727. The molecule has 0 aromatic heterocycles. The van der Waals surface area contributed by atoms with E-state index in [0.29, 0.717) is 30.1 Å². The van der Waals surface area contributed by atoms with Gasteiger partial charge in [0.15, 0.2) is 0 Å². The van der Waals surface area contributed by atoms with Crippen LogP contribution in [0.4, 0.5) is 17.1 Å². The van der Waals surface area contributed by atoms with E-state index in [4.69, 9.17) is 4.74 Å². The van der Waals surface area contributed by atoms with Crippen LogP contribution in [0.3, 0.4) is 0 Å². The SMILES string of the molecule is COc1ccc(N(CC(=O)Nc2ccc(N3CCCC3=O)c(C)c2)S(C)(=O)=O)cc1. The van der Waals surface area contributed by atoms with E-state index in [2.05, 4.69) is 5.32 Å². The van der Waals surface area contributed by atoms with Gasteiger partial charge in [0.1, 0.15) is 12.3 Å². The standard InChI is InChI=1S/C21H25N3O5S/c1-15-13-16(6-11-19(15)23-12-4-5-21(23)26)22-20(25)14-24(30(3,27)28)17-7-9-18(29-2)10-8-17/h6-11,13H,4-5,12,14H2,1-3H3,(H,22,25). The molecule has 1 N–H and O–H groups in total. The topological polar surface area (TPSA) is 96.0 Å². The van der Waals surface area contributed by atoms with Crippen LogP contribution >= 0.6 is 0 Å². The molecule has 0 radical (unpaired) electrons. The fraction of sp³-hybridized carbons (Fsp3) is 0.333. The van der Waals surface area contributed by atoms with E-state index in [9.17, 15) is 18.0 Å². The number of carbonyl (C=O) groups excluding carboxylic acids is 2. The maximum atomic E-state index is 12.6. The average Bonchev–Trinajstić information content (AvgIpc) is 3.11. The Morgan fingerprint density at radius 2 is 1.90 bits per heavy atom. The summed E-state index contributed by atoms with van der Waals surface area (Å²) in [6, 6.07) is 11.7. The Balaban J connectivity index is 1.73. The van der Waals surface area contributed by atoms with Crippen molar-refractivity contribution in [3.8, 4) is 5.75 Å². The highest BCUT2D eigenvalue weighted by molar-refractivity contribution is 7.92. The zero-order chi connectivity index (χ0) is 21.9. The molecule has 3 rings (SSSR count). The van der Waals surface area contributed by atoms with Gasteiger partial charge in [-0.15, -0.1) is 0 Å². The van der Waals surface area contributed by atoms with Crippen LogP contribution in [-0.4, -0.2) is 46.7 Å². The number of carbonyl (C=O) groups is 2. The van der Waals surface area contributed by atoms with Crippen LogP contribution in [0, 0.1) is 6.92 Å². The van der Waals surface area contributed by atoms with E-state index < -0.39 is 15.9 Å². The lowest BCUT2D eigenvalue weighted by molar-refractivity contribution is -0.117. The minimum atomic E-state index is -3.67. The zero-order valence-electron chi connectivity index (χ0n) is 17.2. The van der Waals surface area contributed by atoms with Crippen molar-refractivity contribution in [2.24, 2.45) is 0 Å². The summed E-state index contributed by atoms with van der Waals surface area (Å²) in [5.41, 5.74) is 2.59. The van der Waals surface area contributed by atoms with Gasteiger partial charge < -0.3 is 15.0 Å². The summed E-state index contributed by atoms with van der Waals surface area (Å²) in [6.45, 7) is 2.20. The number of hydrogen-bond donors (Lipinski definition) is 1. The minimum absolute atomic E-state index is 0.0955. The summed E-state index contributed by atoms with van der Waals surface area (Å²) in [6.07, 6.45) is 2.44. The second kappa shape index (κ2) is 8.74. The highest BCUT2D eigenvalue weighted by atomic mass is 32.2. The molecule has 0 aliphatic carbocycles. The summed E-state index contributed by atoms with van der Waals surface area (Å²) in [5.74, 6) is 0.211. The summed E-state index contributed by atoms with van der Waals surface area (Å²) >= 11 is 0. The Morgan fingerprint density at radius 1 is 1.20 bits per heavy atom. The Hall–Kier alpha value is -3.07. The largest absolute Gasteiger partial charge is 0.497 e. The molecule has 160 valence electrons. The fourth-order valence-electron chi connectivity index (χ4n) is 3.42. The van der Waals surface area contributed by atoms with Gasteiger partial charge in [0.2, 0.25) is 21.8 Å². The van der Waals surface area contributed by atoms with Crippen molar-refractivity contribution < 1.29 is 22.7 Å². The van der Waals surface area contributed by atoms with Gasteiger partial charge in [-0.25, -0.2) is 8.42 Å². The van der Waals surface area contributed by atoms with Gasteiger partial charge in [0.25, 0.3) is 0 Å². The zero-order valence-corrected chi connectivity index (χ0v) is 18.0. The highest BCUT2D eigenvalue weighted by Gasteiger charge is 2.24. The Bertz CT molecular complexity index is 1050. The van der Waals surface area contributed by atoms with Crippen LogP contribution < -0.4 is 19.3 Å². The van der Waals surface area contributed by atoms with E-state index >= 15 is 0 Å². The third kappa shape index (κ3) is 4.91. The summed E-state index contributed by atoms with van der Waals surface area (Å²) in [4.78, 5) is 26.3. The smallest absolute Gasteiger partial charge is 0.245 e. The fourth-order valence-corrected chi connectivity index (χ4v) is 4.27. The summed E-state index contributed by atoms with van der Waals surface area (Å²) in [5, 5.41) is 2.73. The van der Waals surface area contributed by atoms with E-state index in [-0.39, 0.29) is 12.5 Å². The molecule has 1 heterocycles. The molecule has 2 amide bonds. The maximum Gasteiger partial charge on any atom is 0.245 e. The Kier molecular flexibility index (Phi) is 6.31. The lowest BCUT2D eigenvalue weighted by Crippen LogP contribution is -2.37. The van der Waals surface area contributed by atoms with Crippen molar-refractivity contribution in [3.05, 3.63) is 48.0 Å². The van der Waals surface area contributed by atoms with Crippen LogP contribution in [0.2, 0.25) is 0 Å². The van der Waals surface area contributed by atoms with Crippen molar-refractivity contribution in [2.45, 2.75) is 19.8 Å². The molecule has 0 spiro atoms. The van der Waals surface area contributed by atoms with Gasteiger partial charge in [0, 0.05) is 24.3 Å². The van der Waals surface area contributed by atoms with E-state index in [1.165, 1.54) is 7.11 Å². The number of benzene rings is 2. The van der Waals surface area contributed by atoms with Crippen LogP contribution in [0.1, 0.15) is 18.4 Å². The van der Waals surface area contributed by atoms with Gasteiger partial charge in [0.05, 0.1) is 19.1 Å². The molecule has 0 unspecified atom stereocenters. The number of amides is 2. The molecule has 9 heteroatoms. The summed E-state index contributed by atoms with van der Waals surface area (Å²) < 4.78 is 30.6. The van der Waals surface area contributed by atoms with Crippen molar-refractivity contribution >= 4 is 38.9 Å². The number of nitrogens with one attached hydrogen (secondary N) is 1. The molecule has 2 aromatic rings. The van der Waals surface area contributed by atoms with Gasteiger partial charge in [-0.2, -0.15) is 0 Å². The number of anilines is 3. The third-order valence-corrected chi connectivity index (χ3v) is 6.03. The molecule has 8 nitrogen and oxygen atoms in total. The van der Waals surface area contributed by atoms with Gasteiger partial charge in [-0.3, -0.25) is 13.9 Å². The molecular weight excluding hydrogens is 406 g/mol. The molecule has 0 bridgehead atoms. The number of hydrogen-bond acceptors (Lipinski definition) is 5. The van der Waals surface area contributed by atoms with Crippen molar-refractivity contribution in [2.75, 3.05) is 41.0 Å². The Labute approximate surface area is 176 Å². The van der Waals surface area contributed by atoms with Crippen molar-refractivity contribution in [3.63, 3.8) is 0 Å². The van der Waals surface area contributed by atoms with Gasteiger partial charge in [-0.05, 0) is 61.4 Å². The van der Waals surface area contributed by atoms with Crippen LogP contribution in [-0.2, 0) is 19.6 Å². The number of rotatable bonds is 7. The number of nitrogens with zero attached hydrogens (tertiary/aromatic N) is 2. The second-order valence-electron chi connectivity index (χ2n) is 7.17. The van der Waals surface area contributed by atoms with Gasteiger partial charge in [-0.1, -0.05) is 0 Å². The number of aryl methyl sites for hydroxylation is 1. The molecule has 0 saturated carbocycles. The molecule has 1 aliphatic rings. The summed E-state index contributed by atoms with van der Waals surface area (Å²) in [7, 11) is -2.15. The van der Waals surface area contributed by atoms with E-state index in [1.807, 2.05) is 6.92 Å². The first-order valence-corrected chi connectivity index (χ1v) is 11.4. The van der Waals surface area contributed by atoms with Crippen LogP contribution in [0.25, 0.3) is 0 Å². The molecule has 2 aromatic carbocycles. The first-order chi connectivity index (χ1) is 14.2. The van der Waals surface area contributed by atoms with E-state index in [1.54, 1.807) is 47.4 Å². The normalized spacial score (nSPS) is 14.0. The average molecular weight is 432 g/mol. The third-order valence-electron chi connectivity index (χ3n) is 4.89. The van der Waals surface area contributed by atoms with Crippen molar-refractivity contribution in [1.29, 1.82) is 0 Å². The molecule has 30 heavy (non-hydrogen) atoms. The van der Waals surface area contributed by atoms with E-state index in [0.717, 1.165) is 28.2 Å². The molecule has 1 fully saturated rings. The minimum Gasteiger partial charge on any atom is -0.497 e. The highest BCUT2D eigenvalue weighted by Crippen LogP contribution is 2.27. The van der Waals surface area contributed by atoms with Crippen LogP contribution in [0.5, 0.6) is 5.75 Å². The number of sulfonamides is 1. The second-order valence-corrected chi connectivity index (χ2v) is 9.07. The maximum absolute atomic E-state index is 12.6.